The summed E-state index contributed by atoms with van der Waals surface area (Å²) in [5.74, 6) is 1.50. The Morgan fingerprint density at radius 1 is 0.903 bits per heavy atom. The average molecular weight is 412 g/mol. The van der Waals surface area contributed by atoms with E-state index in [1.807, 2.05) is 60.7 Å². The molecule has 1 fully saturated rings. The Morgan fingerprint density at radius 3 is 2.32 bits per heavy atom. The topological polar surface area (TPSA) is 44.8 Å². The van der Waals surface area contributed by atoms with Gasteiger partial charge in [0.25, 0.3) is 0 Å². The van der Waals surface area contributed by atoms with Crippen molar-refractivity contribution in [2.24, 2.45) is 0 Å². The van der Waals surface area contributed by atoms with Gasteiger partial charge < -0.3 is 19.9 Å². The van der Waals surface area contributed by atoms with Crippen LogP contribution in [-0.4, -0.2) is 35.0 Å². The Hall–Kier alpha value is -3.73. The molecule has 0 saturated carbocycles. The highest BCUT2D eigenvalue weighted by atomic mass is 16.5. The molecule has 2 aliphatic rings. The second kappa shape index (κ2) is 8.56. The van der Waals surface area contributed by atoms with Crippen LogP contribution in [0, 0.1) is 0 Å². The Kier molecular flexibility index (Phi) is 5.31. The first-order valence-electron chi connectivity index (χ1n) is 10.7. The van der Waals surface area contributed by atoms with Crippen molar-refractivity contribution in [3.63, 3.8) is 0 Å². The van der Waals surface area contributed by atoms with Crippen LogP contribution in [-0.2, 0) is 4.79 Å². The predicted octanol–water partition coefficient (Wildman–Crippen LogP) is 5.15. The van der Waals surface area contributed by atoms with Gasteiger partial charge in [0, 0.05) is 18.4 Å². The summed E-state index contributed by atoms with van der Waals surface area (Å²) in [6, 6.07) is 27.5. The van der Waals surface area contributed by atoms with Gasteiger partial charge in [-0.2, -0.15) is 0 Å². The molecule has 0 aromatic heterocycles. The number of hydrogen-bond donors (Lipinski definition) is 1. The number of anilines is 1. The first-order valence-corrected chi connectivity index (χ1v) is 10.7. The van der Waals surface area contributed by atoms with Gasteiger partial charge in [0.1, 0.15) is 17.7 Å². The summed E-state index contributed by atoms with van der Waals surface area (Å²) in [6.45, 7) is 1.37. The molecule has 0 aliphatic carbocycles. The monoisotopic (exact) mass is 411 g/mol. The first kappa shape index (κ1) is 19.2. The molecule has 0 bridgehead atoms. The number of fused-ring (bicyclic) bond motifs is 1. The highest BCUT2D eigenvalue weighted by Crippen LogP contribution is 2.36. The van der Waals surface area contributed by atoms with Gasteiger partial charge in [0.2, 0.25) is 5.91 Å². The number of benzene rings is 3. The highest BCUT2D eigenvalue weighted by molar-refractivity contribution is 5.92. The number of nitrogens with zero attached hydrogens (tertiary/aromatic N) is 2. The number of rotatable bonds is 6. The van der Waals surface area contributed by atoms with Gasteiger partial charge in [-0.3, -0.25) is 4.79 Å². The SMILES string of the molecule is O=C(CN1C=C(c2ccccc2)N2CCC[C@H]12)Nc1ccc(Oc2ccccc2)cc1. The molecule has 5 nitrogen and oxygen atoms in total. The average Bonchev–Trinajstić information content (AvgIpc) is 3.40. The summed E-state index contributed by atoms with van der Waals surface area (Å²) < 4.78 is 5.81. The summed E-state index contributed by atoms with van der Waals surface area (Å²) in [5, 5.41) is 3.01. The molecule has 0 unspecified atom stereocenters. The number of ether oxygens (including phenoxy) is 1. The zero-order valence-corrected chi connectivity index (χ0v) is 17.3. The number of hydrogen-bond acceptors (Lipinski definition) is 4. The van der Waals surface area contributed by atoms with Crippen molar-refractivity contribution in [1.29, 1.82) is 0 Å². The number of carbonyl (C=O) groups excluding carboxylic acids is 1. The Labute approximate surface area is 182 Å². The minimum absolute atomic E-state index is 0.0193. The molecule has 1 atom stereocenters. The third kappa shape index (κ3) is 4.26. The highest BCUT2D eigenvalue weighted by Gasteiger charge is 2.36. The molecule has 3 aromatic carbocycles. The van der Waals surface area contributed by atoms with Crippen molar-refractivity contribution < 1.29 is 9.53 Å². The van der Waals surface area contributed by atoms with Gasteiger partial charge in [-0.05, 0) is 54.8 Å². The van der Waals surface area contributed by atoms with Crippen molar-refractivity contribution in [1.82, 2.24) is 9.80 Å². The van der Waals surface area contributed by atoms with E-state index in [1.54, 1.807) is 0 Å². The molecular weight excluding hydrogens is 386 g/mol. The molecule has 0 radical (unpaired) electrons. The molecule has 2 heterocycles. The van der Waals surface area contributed by atoms with Gasteiger partial charge in [-0.25, -0.2) is 0 Å². The fourth-order valence-electron chi connectivity index (χ4n) is 4.29. The van der Waals surface area contributed by atoms with E-state index < -0.39 is 0 Å². The lowest BCUT2D eigenvalue weighted by molar-refractivity contribution is -0.117. The van der Waals surface area contributed by atoms with Crippen molar-refractivity contribution >= 4 is 17.3 Å². The van der Waals surface area contributed by atoms with Gasteiger partial charge in [0.05, 0.1) is 12.2 Å². The standard InChI is InChI=1S/C26H25N3O2/c30-25(27-21-13-15-23(16-14-21)31-22-10-5-2-6-11-22)19-28-18-24(20-8-3-1-4-9-20)29-17-7-12-26(28)29/h1-6,8-11,13-16,18,26H,7,12,17,19H2,(H,27,30)/t26-/m1/s1. The van der Waals surface area contributed by atoms with E-state index in [0.29, 0.717) is 6.54 Å². The van der Waals surface area contributed by atoms with E-state index >= 15 is 0 Å². The molecule has 3 aromatic rings. The predicted molar refractivity (Wildman–Crippen MR) is 122 cm³/mol. The van der Waals surface area contributed by atoms with Crippen LogP contribution in [0.5, 0.6) is 11.5 Å². The molecule has 1 saturated heterocycles. The Morgan fingerprint density at radius 2 is 1.58 bits per heavy atom. The zero-order chi connectivity index (χ0) is 21.0. The van der Waals surface area contributed by atoms with Gasteiger partial charge in [0.15, 0.2) is 0 Å². The minimum atomic E-state index is -0.0193. The van der Waals surface area contributed by atoms with Crippen LogP contribution in [0.2, 0.25) is 0 Å². The van der Waals surface area contributed by atoms with E-state index in [2.05, 4.69) is 45.6 Å². The lowest BCUT2D eigenvalue weighted by Gasteiger charge is -2.27. The molecule has 5 heteroatoms. The summed E-state index contributed by atoms with van der Waals surface area (Å²) >= 11 is 0. The van der Waals surface area contributed by atoms with Gasteiger partial charge >= 0.3 is 0 Å². The van der Waals surface area contributed by atoms with Crippen molar-refractivity contribution in [2.45, 2.75) is 19.0 Å². The maximum Gasteiger partial charge on any atom is 0.243 e. The maximum absolute atomic E-state index is 12.7. The van der Waals surface area contributed by atoms with Crippen LogP contribution in [0.4, 0.5) is 5.69 Å². The van der Waals surface area contributed by atoms with Crippen LogP contribution < -0.4 is 10.1 Å². The Balaban J connectivity index is 1.22. The first-order chi connectivity index (χ1) is 15.3. The lowest BCUT2D eigenvalue weighted by Crippen LogP contribution is -2.39. The van der Waals surface area contributed by atoms with E-state index in [1.165, 1.54) is 11.3 Å². The smallest absolute Gasteiger partial charge is 0.243 e. The molecule has 31 heavy (non-hydrogen) atoms. The molecule has 1 amide bonds. The summed E-state index contributed by atoms with van der Waals surface area (Å²) in [7, 11) is 0. The molecule has 0 spiro atoms. The number of carbonyl (C=O) groups is 1. The zero-order valence-electron chi connectivity index (χ0n) is 17.3. The van der Waals surface area contributed by atoms with Crippen LogP contribution in [0.3, 0.4) is 0 Å². The minimum Gasteiger partial charge on any atom is -0.457 e. The summed E-state index contributed by atoms with van der Waals surface area (Å²) in [5.41, 5.74) is 3.17. The second-order valence-electron chi connectivity index (χ2n) is 7.86. The van der Waals surface area contributed by atoms with Gasteiger partial charge in [-0.15, -0.1) is 0 Å². The lowest BCUT2D eigenvalue weighted by atomic mass is 10.1. The molecule has 5 rings (SSSR count). The number of amides is 1. The van der Waals surface area contributed by atoms with Crippen molar-refractivity contribution in [3.05, 3.63) is 96.7 Å². The molecular formula is C26H25N3O2. The van der Waals surface area contributed by atoms with Crippen molar-refractivity contribution in [3.8, 4) is 11.5 Å². The normalized spacial score (nSPS) is 17.3. The van der Waals surface area contributed by atoms with Crippen molar-refractivity contribution in [2.75, 3.05) is 18.4 Å². The second-order valence-corrected chi connectivity index (χ2v) is 7.86. The largest absolute Gasteiger partial charge is 0.457 e. The molecule has 1 N–H and O–H groups in total. The van der Waals surface area contributed by atoms with Crippen LogP contribution >= 0.6 is 0 Å². The van der Waals surface area contributed by atoms with E-state index in [0.717, 1.165) is 36.6 Å². The molecule has 156 valence electrons. The van der Waals surface area contributed by atoms with E-state index in [4.69, 9.17) is 4.74 Å². The number of nitrogens with one attached hydrogen (secondary N) is 1. The molecule has 2 aliphatic heterocycles. The fraction of sp³-hybridized carbons (Fsp3) is 0.192. The third-order valence-electron chi connectivity index (χ3n) is 5.71. The quantitative estimate of drug-likeness (QED) is 0.609. The maximum atomic E-state index is 12.7. The van der Waals surface area contributed by atoms with Crippen LogP contribution in [0.25, 0.3) is 5.70 Å². The van der Waals surface area contributed by atoms with Crippen LogP contribution in [0.15, 0.2) is 91.1 Å². The van der Waals surface area contributed by atoms with E-state index in [9.17, 15) is 4.79 Å². The summed E-state index contributed by atoms with van der Waals surface area (Å²) in [6.07, 6.45) is 4.62. The number of para-hydroxylation sites is 1. The fourth-order valence-corrected chi connectivity index (χ4v) is 4.29. The summed E-state index contributed by atoms with van der Waals surface area (Å²) in [4.78, 5) is 17.3. The van der Waals surface area contributed by atoms with Gasteiger partial charge in [-0.1, -0.05) is 48.5 Å². The third-order valence-corrected chi connectivity index (χ3v) is 5.71. The Bertz CT molecular complexity index is 1060. The van der Waals surface area contributed by atoms with Crippen LogP contribution in [0.1, 0.15) is 18.4 Å². The van der Waals surface area contributed by atoms with E-state index in [-0.39, 0.29) is 12.1 Å².